The minimum Gasteiger partial charge on any atom is -0.496 e. The molecule has 1 aromatic heterocycles. The van der Waals surface area contributed by atoms with E-state index in [1.165, 1.54) is 34.2 Å². The molecular formula is C17H19N3O6. The number of rotatable bonds is 5. The highest BCUT2D eigenvalue weighted by Gasteiger charge is 2.28. The summed E-state index contributed by atoms with van der Waals surface area (Å²) in [6.07, 6.45) is -1.29. The molecule has 2 aromatic rings. The lowest BCUT2D eigenvalue weighted by Crippen LogP contribution is -2.43. The van der Waals surface area contributed by atoms with Crippen LogP contribution in [0.25, 0.3) is 0 Å². The first-order valence-electron chi connectivity index (χ1n) is 7.64. The molecule has 0 radical (unpaired) electrons. The second kappa shape index (κ2) is 7.26. The lowest BCUT2D eigenvalue weighted by molar-refractivity contribution is 0.0315. The zero-order valence-electron chi connectivity index (χ0n) is 14.8. The SMILES string of the molecule is COc1ccccc1C(=O)O[C@H](C)C(=O)c1c(N)n(C)c(=O)n(C)c1=O. The van der Waals surface area contributed by atoms with Crippen molar-refractivity contribution in [2.24, 2.45) is 14.1 Å². The Morgan fingerprint density at radius 3 is 2.35 bits per heavy atom. The van der Waals surface area contributed by atoms with Crippen molar-refractivity contribution in [3.05, 3.63) is 56.2 Å². The number of hydrogen-bond donors (Lipinski definition) is 1. The maximum atomic E-state index is 12.6. The lowest BCUT2D eigenvalue weighted by atomic mass is 10.1. The molecule has 1 aromatic carbocycles. The summed E-state index contributed by atoms with van der Waals surface area (Å²) in [6.45, 7) is 1.32. The second-order valence-electron chi connectivity index (χ2n) is 5.58. The van der Waals surface area contributed by atoms with Gasteiger partial charge >= 0.3 is 11.7 Å². The number of anilines is 1. The molecule has 0 aliphatic rings. The standard InChI is InChI=1S/C17H19N3O6/c1-9(26-16(23)10-7-5-6-8-11(10)25-4)13(21)12-14(18)19(2)17(24)20(3)15(12)22/h5-9H,18H2,1-4H3/t9-/m1/s1. The number of carbonyl (C=O) groups is 2. The van der Waals surface area contributed by atoms with E-state index in [4.69, 9.17) is 15.2 Å². The zero-order chi connectivity index (χ0) is 19.6. The predicted molar refractivity (Wildman–Crippen MR) is 93.5 cm³/mol. The summed E-state index contributed by atoms with van der Waals surface area (Å²) in [5, 5.41) is 0. The molecule has 138 valence electrons. The van der Waals surface area contributed by atoms with Gasteiger partial charge in [0.1, 0.15) is 22.7 Å². The van der Waals surface area contributed by atoms with Gasteiger partial charge in [0.05, 0.1) is 7.11 Å². The Morgan fingerprint density at radius 1 is 1.12 bits per heavy atom. The molecule has 9 heteroatoms. The van der Waals surface area contributed by atoms with Gasteiger partial charge in [-0.15, -0.1) is 0 Å². The number of hydrogen-bond acceptors (Lipinski definition) is 7. The molecule has 1 atom stereocenters. The van der Waals surface area contributed by atoms with Crippen molar-refractivity contribution in [3.63, 3.8) is 0 Å². The monoisotopic (exact) mass is 361 g/mol. The number of carbonyl (C=O) groups excluding carboxylic acids is 2. The number of ketones is 1. The third-order valence-electron chi connectivity index (χ3n) is 3.94. The molecule has 0 spiro atoms. The van der Waals surface area contributed by atoms with Crippen molar-refractivity contribution >= 4 is 17.6 Å². The van der Waals surface area contributed by atoms with Crippen LogP contribution in [0.2, 0.25) is 0 Å². The highest BCUT2D eigenvalue weighted by atomic mass is 16.5. The van der Waals surface area contributed by atoms with Crippen molar-refractivity contribution in [1.29, 1.82) is 0 Å². The van der Waals surface area contributed by atoms with Gasteiger partial charge in [0.25, 0.3) is 5.56 Å². The van der Waals surface area contributed by atoms with Crippen molar-refractivity contribution in [3.8, 4) is 5.75 Å². The number of nitrogens with two attached hydrogens (primary N) is 1. The van der Waals surface area contributed by atoms with Gasteiger partial charge in [-0.2, -0.15) is 0 Å². The smallest absolute Gasteiger partial charge is 0.342 e. The Bertz CT molecular complexity index is 989. The van der Waals surface area contributed by atoms with Crippen LogP contribution < -0.4 is 21.7 Å². The molecule has 1 heterocycles. The minimum atomic E-state index is -1.29. The Balaban J connectivity index is 2.36. The topological polar surface area (TPSA) is 123 Å². The lowest BCUT2D eigenvalue weighted by Gasteiger charge is -2.16. The summed E-state index contributed by atoms with van der Waals surface area (Å²) in [5.74, 6) is -1.59. The molecule has 0 saturated heterocycles. The van der Waals surface area contributed by atoms with Gasteiger partial charge in [0.2, 0.25) is 5.78 Å². The highest BCUT2D eigenvalue weighted by molar-refractivity contribution is 6.04. The molecule has 0 aliphatic carbocycles. The summed E-state index contributed by atoms with van der Waals surface area (Å²) in [5.41, 5.74) is 3.96. The summed E-state index contributed by atoms with van der Waals surface area (Å²) < 4.78 is 12.0. The van der Waals surface area contributed by atoms with Crippen LogP contribution in [0.1, 0.15) is 27.6 Å². The average molecular weight is 361 g/mol. The van der Waals surface area contributed by atoms with Crippen LogP contribution in [-0.4, -0.2) is 34.1 Å². The number of nitrogen functional groups attached to an aromatic ring is 1. The molecule has 2 N–H and O–H groups in total. The van der Waals surface area contributed by atoms with Crippen molar-refractivity contribution in [2.45, 2.75) is 13.0 Å². The van der Waals surface area contributed by atoms with Gasteiger partial charge in [-0.25, -0.2) is 9.59 Å². The van der Waals surface area contributed by atoms with E-state index in [2.05, 4.69) is 0 Å². The fourth-order valence-electron chi connectivity index (χ4n) is 2.39. The van der Waals surface area contributed by atoms with Gasteiger partial charge in [0.15, 0.2) is 6.10 Å². The summed E-state index contributed by atoms with van der Waals surface area (Å²) in [4.78, 5) is 49.0. The number of nitrogens with zero attached hydrogens (tertiary/aromatic N) is 2. The van der Waals surface area contributed by atoms with Crippen molar-refractivity contribution in [1.82, 2.24) is 9.13 Å². The Kier molecular flexibility index (Phi) is 5.30. The van der Waals surface area contributed by atoms with E-state index in [0.29, 0.717) is 0 Å². The van der Waals surface area contributed by atoms with E-state index in [9.17, 15) is 19.2 Å². The molecule has 0 amide bonds. The van der Waals surface area contributed by atoms with Gasteiger partial charge in [0, 0.05) is 14.1 Å². The molecule has 0 bridgehead atoms. The molecule has 0 fully saturated rings. The Morgan fingerprint density at radius 2 is 1.73 bits per heavy atom. The first kappa shape index (κ1) is 19.0. The Hall–Kier alpha value is -3.36. The van der Waals surface area contributed by atoms with Crippen molar-refractivity contribution < 1.29 is 19.1 Å². The maximum Gasteiger partial charge on any atom is 0.342 e. The molecule has 9 nitrogen and oxygen atoms in total. The molecule has 2 rings (SSSR count). The second-order valence-corrected chi connectivity index (χ2v) is 5.58. The molecule has 0 saturated carbocycles. The number of ether oxygens (including phenoxy) is 2. The summed E-state index contributed by atoms with van der Waals surface area (Å²) in [6, 6.07) is 6.35. The van der Waals surface area contributed by atoms with Crippen LogP contribution in [-0.2, 0) is 18.8 Å². The molecule has 0 unspecified atom stereocenters. The fourth-order valence-corrected chi connectivity index (χ4v) is 2.39. The van der Waals surface area contributed by atoms with Crippen LogP contribution >= 0.6 is 0 Å². The third kappa shape index (κ3) is 3.23. The van der Waals surface area contributed by atoms with Crippen LogP contribution in [0.5, 0.6) is 5.75 Å². The number of aromatic nitrogens is 2. The quantitative estimate of drug-likeness (QED) is 0.592. The highest BCUT2D eigenvalue weighted by Crippen LogP contribution is 2.19. The number of para-hydroxylation sites is 1. The molecule has 0 aliphatic heterocycles. The zero-order valence-corrected chi connectivity index (χ0v) is 14.8. The van der Waals surface area contributed by atoms with Gasteiger partial charge in [-0.3, -0.25) is 18.7 Å². The fraction of sp³-hybridized carbons (Fsp3) is 0.294. The Labute approximate surface area is 148 Å². The van der Waals surface area contributed by atoms with Crippen molar-refractivity contribution in [2.75, 3.05) is 12.8 Å². The molecule has 26 heavy (non-hydrogen) atoms. The first-order chi connectivity index (χ1) is 12.2. The third-order valence-corrected chi connectivity index (χ3v) is 3.94. The van der Waals surface area contributed by atoms with E-state index >= 15 is 0 Å². The van der Waals surface area contributed by atoms with Gasteiger partial charge in [-0.1, -0.05) is 12.1 Å². The van der Waals surface area contributed by atoms with Gasteiger partial charge < -0.3 is 15.2 Å². The van der Waals surface area contributed by atoms with Crippen LogP contribution in [0.3, 0.4) is 0 Å². The minimum absolute atomic E-state index is 0.135. The average Bonchev–Trinajstić information content (AvgIpc) is 2.64. The largest absolute Gasteiger partial charge is 0.496 e. The maximum absolute atomic E-state index is 12.6. The number of esters is 1. The first-order valence-corrected chi connectivity index (χ1v) is 7.64. The van der Waals surface area contributed by atoms with E-state index in [1.807, 2.05) is 0 Å². The summed E-state index contributed by atoms with van der Waals surface area (Å²) >= 11 is 0. The predicted octanol–water partition coefficient (Wildman–Crippen LogP) is 0.103. The van der Waals surface area contributed by atoms with E-state index < -0.39 is 34.7 Å². The molecular weight excluding hydrogens is 342 g/mol. The van der Waals surface area contributed by atoms with Gasteiger partial charge in [-0.05, 0) is 19.1 Å². The van der Waals surface area contributed by atoms with Crippen LogP contribution in [0.4, 0.5) is 5.82 Å². The number of methoxy groups -OCH3 is 1. The van der Waals surface area contributed by atoms with E-state index in [0.717, 1.165) is 9.13 Å². The van der Waals surface area contributed by atoms with Crippen LogP contribution in [0, 0.1) is 0 Å². The van der Waals surface area contributed by atoms with Crippen LogP contribution in [0.15, 0.2) is 33.9 Å². The number of Topliss-reactive ketones (excluding diaryl/α,β-unsaturated/α-hetero) is 1. The van der Waals surface area contributed by atoms with E-state index in [1.54, 1.807) is 18.2 Å². The summed E-state index contributed by atoms with van der Waals surface area (Å²) in [7, 11) is 3.96. The number of benzene rings is 1. The normalized spacial score (nSPS) is 11.7. The van der Waals surface area contributed by atoms with E-state index in [-0.39, 0.29) is 17.1 Å².